The lowest BCUT2D eigenvalue weighted by Gasteiger charge is -2.21. The Labute approximate surface area is 83.8 Å². The number of carbonyl (C=O) groups excluding carboxylic acids is 1. The number of carbonyl (C=O) groups is 1. The summed E-state index contributed by atoms with van der Waals surface area (Å²) in [4.78, 5) is 12.2. The van der Waals surface area contributed by atoms with Crippen LogP contribution in [0.25, 0.3) is 0 Å². The monoisotopic (exact) mass is 201 g/mol. The normalized spacial score (nSPS) is 22.7. The van der Waals surface area contributed by atoms with Crippen molar-refractivity contribution >= 4 is 23.2 Å². The zero-order valence-electron chi connectivity index (χ0n) is 8.22. The molecule has 3 nitrogen and oxygen atoms in total. The molecule has 1 rings (SSSR count). The predicted octanol–water partition coefficient (Wildman–Crippen LogP) is 1.41. The minimum atomic E-state index is -0.414. The fraction of sp³-hybridized carbons (Fsp3) is 0.778. The van der Waals surface area contributed by atoms with Crippen LogP contribution < -0.4 is 5.32 Å². The summed E-state index contributed by atoms with van der Waals surface area (Å²) >= 11 is 4.94. The average molecular weight is 201 g/mol. The van der Waals surface area contributed by atoms with Crippen molar-refractivity contribution < 1.29 is 9.53 Å². The molecule has 0 amide bonds. The van der Waals surface area contributed by atoms with Crippen molar-refractivity contribution in [1.29, 1.82) is 0 Å². The molecule has 1 unspecified atom stereocenters. The molecule has 74 valence electrons. The Bertz CT molecular complexity index is 232. The van der Waals surface area contributed by atoms with Gasteiger partial charge in [0.15, 0.2) is 0 Å². The first-order valence-electron chi connectivity index (χ1n) is 4.41. The molecule has 4 heteroatoms. The van der Waals surface area contributed by atoms with Crippen molar-refractivity contribution in [3.8, 4) is 0 Å². The Kier molecular flexibility index (Phi) is 2.91. The van der Waals surface area contributed by atoms with Crippen molar-refractivity contribution in [2.75, 3.05) is 0 Å². The van der Waals surface area contributed by atoms with E-state index in [9.17, 15) is 4.79 Å². The van der Waals surface area contributed by atoms with Crippen molar-refractivity contribution in [3.05, 3.63) is 0 Å². The molecule has 0 spiro atoms. The van der Waals surface area contributed by atoms with E-state index in [-0.39, 0.29) is 12.0 Å². The molecular weight excluding hydrogens is 186 g/mol. The maximum atomic E-state index is 11.5. The fourth-order valence-corrected chi connectivity index (χ4v) is 1.42. The highest BCUT2D eigenvalue weighted by molar-refractivity contribution is 7.80. The lowest BCUT2D eigenvalue weighted by atomic mass is 10.2. The number of hydrogen-bond acceptors (Lipinski definition) is 3. The van der Waals surface area contributed by atoms with Crippen molar-refractivity contribution in [2.24, 2.45) is 0 Å². The van der Waals surface area contributed by atoms with Gasteiger partial charge >= 0.3 is 5.97 Å². The first kappa shape index (κ1) is 10.4. The molecule has 0 radical (unpaired) electrons. The predicted molar refractivity (Wildman–Crippen MR) is 54.6 cm³/mol. The third-order valence-corrected chi connectivity index (χ3v) is 2.01. The fourth-order valence-electron chi connectivity index (χ4n) is 1.16. The minimum Gasteiger partial charge on any atom is -0.458 e. The smallest absolute Gasteiger partial charge is 0.329 e. The first-order valence-corrected chi connectivity index (χ1v) is 4.81. The van der Waals surface area contributed by atoms with Gasteiger partial charge in [-0.15, -0.1) is 0 Å². The molecular formula is C9H15NO2S. The highest BCUT2D eigenvalue weighted by Gasteiger charge is 2.29. The van der Waals surface area contributed by atoms with Gasteiger partial charge in [0.1, 0.15) is 11.6 Å². The second kappa shape index (κ2) is 3.62. The summed E-state index contributed by atoms with van der Waals surface area (Å²) in [7, 11) is 0. The number of ether oxygens (including phenoxy) is 1. The molecule has 1 atom stereocenters. The van der Waals surface area contributed by atoms with Crippen LogP contribution in [0.4, 0.5) is 0 Å². The van der Waals surface area contributed by atoms with Gasteiger partial charge in [-0.2, -0.15) is 0 Å². The highest BCUT2D eigenvalue weighted by atomic mass is 32.1. The summed E-state index contributed by atoms with van der Waals surface area (Å²) in [5.41, 5.74) is -0.414. The van der Waals surface area contributed by atoms with Gasteiger partial charge in [-0.1, -0.05) is 12.2 Å². The van der Waals surface area contributed by atoms with Gasteiger partial charge in [0.25, 0.3) is 0 Å². The van der Waals surface area contributed by atoms with E-state index < -0.39 is 5.60 Å². The molecule has 1 aliphatic rings. The molecule has 1 N–H and O–H groups in total. The molecule has 1 aliphatic heterocycles. The zero-order valence-corrected chi connectivity index (χ0v) is 9.03. The summed E-state index contributed by atoms with van der Waals surface area (Å²) in [5.74, 6) is -0.202. The summed E-state index contributed by atoms with van der Waals surface area (Å²) in [6.07, 6.45) is 1.55. The molecule has 0 aromatic rings. The van der Waals surface area contributed by atoms with E-state index in [1.54, 1.807) is 0 Å². The van der Waals surface area contributed by atoms with Crippen LogP contribution in [-0.4, -0.2) is 22.6 Å². The summed E-state index contributed by atoms with van der Waals surface area (Å²) in [6.45, 7) is 5.58. The second-order valence-corrected chi connectivity index (χ2v) is 4.69. The van der Waals surface area contributed by atoms with Crippen LogP contribution in [0.3, 0.4) is 0 Å². The summed E-state index contributed by atoms with van der Waals surface area (Å²) in [6, 6.07) is -0.230. The van der Waals surface area contributed by atoms with Crippen LogP contribution >= 0.6 is 12.2 Å². The number of nitrogens with one attached hydrogen (secondary N) is 1. The van der Waals surface area contributed by atoms with Crippen LogP contribution in [-0.2, 0) is 9.53 Å². The topological polar surface area (TPSA) is 38.3 Å². The lowest BCUT2D eigenvalue weighted by Crippen LogP contribution is -2.38. The Morgan fingerprint density at radius 3 is 2.62 bits per heavy atom. The molecule has 0 aliphatic carbocycles. The van der Waals surface area contributed by atoms with E-state index in [0.717, 1.165) is 17.8 Å². The highest BCUT2D eigenvalue weighted by Crippen LogP contribution is 2.14. The van der Waals surface area contributed by atoms with Crippen LogP contribution in [0.15, 0.2) is 0 Å². The summed E-state index contributed by atoms with van der Waals surface area (Å²) in [5, 5.41) is 2.93. The van der Waals surface area contributed by atoms with Gasteiger partial charge in [0.05, 0.1) is 4.99 Å². The average Bonchev–Trinajstić information content (AvgIpc) is 2.31. The van der Waals surface area contributed by atoms with Gasteiger partial charge < -0.3 is 10.1 Å². The van der Waals surface area contributed by atoms with Crippen molar-refractivity contribution in [3.63, 3.8) is 0 Å². The van der Waals surface area contributed by atoms with Crippen LogP contribution in [0.1, 0.15) is 33.6 Å². The molecule has 1 heterocycles. The maximum Gasteiger partial charge on any atom is 0.329 e. The van der Waals surface area contributed by atoms with Gasteiger partial charge in [-0.05, 0) is 27.2 Å². The zero-order chi connectivity index (χ0) is 10.1. The third kappa shape index (κ3) is 3.30. The molecule has 0 aromatic heterocycles. The van der Waals surface area contributed by atoms with Gasteiger partial charge in [0.2, 0.25) is 0 Å². The maximum absolute atomic E-state index is 11.5. The molecule has 0 aromatic carbocycles. The largest absolute Gasteiger partial charge is 0.458 e. The number of hydrogen-bond donors (Lipinski definition) is 1. The van der Waals surface area contributed by atoms with Gasteiger partial charge in [-0.25, -0.2) is 4.79 Å². The van der Waals surface area contributed by atoms with Crippen molar-refractivity contribution in [2.45, 2.75) is 45.3 Å². The van der Waals surface area contributed by atoms with Gasteiger partial charge in [0, 0.05) is 6.42 Å². The molecule has 0 saturated carbocycles. The number of thiocarbonyl (C=S) groups is 1. The van der Waals surface area contributed by atoms with Crippen LogP contribution in [0.2, 0.25) is 0 Å². The summed E-state index contributed by atoms with van der Waals surface area (Å²) < 4.78 is 5.21. The van der Waals surface area contributed by atoms with Gasteiger partial charge in [-0.3, -0.25) is 0 Å². The van der Waals surface area contributed by atoms with Crippen LogP contribution in [0, 0.1) is 0 Å². The van der Waals surface area contributed by atoms with E-state index >= 15 is 0 Å². The van der Waals surface area contributed by atoms with E-state index in [1.807, 2.05) is 20.8 Å². The molecule has 1 saturated heterocycles. The first-order chi connectivity index (χ1) is 5.88. The Morgan fingerprint density at radius 1 is 1.62 bits per heavy atom. The molecule has 13 heavy (non-hydrogen) atoms. The number of rotatable bonds is 1. The standard InChI is InChI=1S/C9H15NO2S/c1-9(2,3)12-8(11)6-4-5-7(13)10-6/h6H,4-5H2,1-3H3,(H,10,13). The third-order valence-electron chi connectivity index (χ3n) is 1.69. The van der Waals surface area contributed by atoms with E-state index in [1.165, 1.54) is 0 Å². The quantitative estimate of drug-likeness (QED) is 0.514. The molecule has 1 fully saturated rings. The van der Waals surface area contributed by atoms with E-state index in [0.29, 0.717) is 0 Å². The Balaban J connectivity index is 2.45. The minimum absolute atomic E-state index is 0.202. The van der Waals surface area contributed by atoms with Crippen LogP contribution in [0.5, 0.6) is 0 Å². The van der Waals surface area contributed by atoms with E-state index in [2.05, 4.69) is 5.32 Å². The lowest BCUT2D eigenvalue weighted by molar-refractivity contribution is -0.156. The Hall–Kier alpha value is -0.640. The van der Waals surface area contributed by atoms with Crippen molar-refractivity contribution in [1.82, 2.24) is 5.32 Å². The second-order valence-electron chi connectivity index (χ2n) is 4.19. The Morgan fingerprint density at radius 2 is 2.23 bits per heavy atom. The molecule has 0 bridgehead atoms. The van der Waals surface area contributed by atoms with E-state index in [4.69, 9.17) is 17.0 Å². The number of esters is 1. The SMILES string of the molecule is CC(C)(C)OC(=O)C1CCC(=S)N1.